The van der Waals surface area contributed by atoms with Crippen molar-refractivity contribution in [3.8, 4) is 0 Å². The van der Waals surface area contributed by atoms with Gasteiger partial charge in [-0.25, -0.2) is 9.59 Å². The second kappa shape index (κ2) is 4.94. The summed E-state index contributed by atoms with van der Waals surface area (Å²) in [6.07, 6.45) is 2.99. The number of likely N-dealkylation sites (tertiary alicyclic amines) is 1. The van der Waals surface area contributed by atoms with Crippen molar-refractivity contribution in [2.24, 2.45) is 5.92 Å². The van der Waals surface area contributed by atoms with Crippen LogP contribution in [0, 0.1) is 5.92 Å². The molecule has 1 aliphatic heterocycles. The number of esters is 1. The van der Waals surface area contributed by atoms with Gasteiger partial charge in [-0.05, 0) is 39.0 Å². The number of hydrogen-bond acceptors (Lipinski definition) is 3. The Morgan fingerprint density at radius 1 is 1.35 bits per heavy atom. The quantitative estimate of drug-likeness (QED) is 0.752. The van der Waals surface area contributed by atoms with Gasteiger partial charge in [-0.2, -0.15) is 0 Å². The molecule has 96 valence electrons. The molecule has 2 bridgehead atoms. The Hall–Kier alpha value is -1.26. The van der Waals surface area contributed by atoms with Crippen molar-refractivity contribution >= 4 is 12.0 Å². The number of nitrogens with one attached hydrogen (secondary N) is 1. The summed E-state index contributed by atoms with van der Waals surface area (Å²) in [4.78, 5) is 25.6. The van der Waals surface area contributed by atoms with E-state index in [0.717, 1.165) is 19.3 Å². The maximum atomic E-state index is 12.0. The highest BCUT2D eigenvalue weighted by Crippen LogP contribution is 2.42. The fraction of sp³-hybridized carbons (Fsp3) is 0.833. The zero-order valence-corrected chi connectivity index (χ0v) is 10.4. The third-order valence-corrected chi connectivity index (χ3v) is 3.68. The maximum absolute atomic E-state index is 12.0. The van der Waals surface area contributed by atoms with Gasteiger partial charge in [0.1, 0.15) is 6.04 Å². The molecule has 0 radical (unpaired) electrons. The van der Waals surface area contributed by atoms with Crippen LogP contribution in [0.3, 0.4) is 0 Å². The monoisotopic (exact) mass is 240 g/mol. The number of carbonyl (C=O) groups is 2. The second-order valence-corrected chi connectivity index (χ2v) is 4.67. The van der Waals surface area contributed by atoms with Gasteiger partial charge in [0.2, 0.25) is 0 Å². The Labute approximate surface area is 101 Å². The van der Waals surface area contributed by atoms with Gasteiger partial charge in [-0.15, -0.1) is 0 Å². The highest BCUT2D eigenvalue weighted by atomic mass is 16.5. The zero-order valence-electron chi connectivity index (χ0n) is 10.4. The first-order valence-electron chi connectivity index (χ1n) is 6.41. The number of hydrogen-bond donors (Lipinski definition) is 1. The molecule has 0 aromatic carbocycles. The first-order chi connectivity index (χ1) is 8.19. The summed E-state index contributed by atoms with van der Waals surface area (Å²) < 4.78 is 5.08. The molecule has 1 saturated carbocycles. The first kappa shape index (κ1) is 12.2. The van der Waals surface area contributed by atoms with Gasteiger partial charge in [-0.3, -0.25) is 0 Å². The van der Waals surface area contributed by atoms with Crippen molar-refractivity contribution < 1.29 is 14.3 Å². The third-order valence-electron chi connectivity index (χ3n) is 3.68. The third kappa shape index (κ3) is 2.10. The van der Waals surface area contributed by atoms with Crippen molar-refractivity contribution in [1.29, 1.82) is 0 Å². The van der Waals surface area contributed by atoms with Crippen LogP contribution in [0.25, 0.3) is 0 Å². The molecule has 3 atom stereocenters. The van der Waals surface area contributed by atoms with Crippen LogP contribution in [0.4, 0.5) is 4.79 Å². The molecule has 5 nitrogen and oxygen atoms in total. The van der Waals surface area contributed by atoms with E-state index < -0.39 is 0 Å². The van der Waals surface area contributed by atoms with Crippen LogP contribution in [-0.4, -0.2) is 42.1 Å². The van der Waals surface area contributed by atoms with Gasteiger partial charge in [0.15, 0.2) is 0 Å². The van der Waals surface area contributed by atoms with E-state index in [2.05, 4.69) is 5.32 Å². The minimum absolute atomic E-state index is 0.127. The Bertz CT molecular complexity index is 289. The summed E-state index contributed by atoms with van der Waals surface area (Å²) in [5, 5.41) is 2.78. The molecule has 1 heterocycles. The van der Waals surface area contributed by atoms with Gasteiger partial charge < -0.3 is 15.0 Å². The molecule has 0 unspecified atom stereocenters. The molecular weight excluding hydrogens is 220 g/mol. The smallest absolute Gasteiger partial charge is 0.329 e. The van der Waals surface area contributed by atoms with Crippen LogP contribution in [0.2, 0.25) is 0 Å². The van der Waals surface area contributed by atoms with Crippen molar-refractivity contribution in [2.45, 2.75) is 45.2 Å². The van der Waals surface area contributed by atoms with Gasteiger partial charge >= 0.3 is 12.0 Å². The molecule has 17 heavy (non-hydrogen) atoms. The number of urea groups is 1. The van der Waals surface area contributed by atoms with Crippen LogP contribution >= 0.6 is 0 Å². The molecule has 0 aromatic heterocycles. The van der Waals surface area contributed by atoms with Gasteiger partial charge in [0.25, 0.3) is 0 Å². The normalized spacial score (nSPS) is 30.5. The minimum atomic E-state index is -0.361. The van der Waals surface area contributed by atoms with Crippen LogP contribution < -0.4 is 5.32 Å². The van der Waals surface area contributed by atoms with Crippen molar-refractivity contribution in [3.05, 3.63) is 0 Å². The van der Waals surface area contributed by atoms with Crippen molar-refractivity contribution in [2.75, 3.05) is 13.2 Å². The Kier molecular flexibility index (Phi) is 3.54. The molecule has 0 aromatic rings. The van der Waals surface area contributed by atoms with Crippen LogP contribution in [0.1, 0.15) is 33.1 Å². The topological polar surface area (TPSA) is 58.6 Å². The lowest BCUT2D eigenvalue weighted by molar-refractivity contribution is -0.149. The zero-order chi connectivity index (χ0) is 12.4. The summed E-state index contributed by atoms with van der Waals surface area (Å²) in [7, 11) is 0. The molecule has 1 saturated heterocycles. The molecule has 1 N–H and O–H groups in total. The number of rotatable bonds is 3. The van der Waals surface area contributed by atoms with E-state index in [1.54, 1.807) is 11.8 Å². The van der Waals surface area contributed by atoms with Crippen molar-refractivity contribution in [3.63, 3.8) is 0 Å². The molecule has 0 spiro atoms. The highest BCUT2D eigenvalue weighted by Gasteiger charge is 2.51. The lowest BCUT2D eigenvalue weighted by atomic mass is 9.99. The number of ether oxygens (including phenoxy) is 1. The lowest BCUT2D eigenvalue weighted by Crippen LogP contribution is -2.53. The van der Waals surface area contributed by atoms with Gasteiger partial charge in [-0.1, -0.05) is 0 Å². The molecule has 2 aliphatic rings. The number of nitrogens with zero attached hydrogens (tertiary/aromatic N) is 1. The highest BCUT2D eigenvalue weighted by molar-refractivity contribution is 5.85. The summed E-state index contributed by atoms with van der Waals surface area (Å²) in [6, 6.07) is -0.265. The molecular formula is C12H20N2O3. The van der Waals surface area contributed by atoms with Crippen LogP contribution in [0.5, 0.6) is 0 Å². The lowest BCUT2D eigenvalue weighted by Gasteiger charge is -2.33. The van der Waals surface area contributed by atoms with Crippen LogP contribution in [0.15, 0.2) is 0 Å². The second-order valence-electron chi connectivity index (χ2n) is 4.67. The number of fused-ring (bicyclic) bond motifs is 2. The number of piperidine rings is 1. The summed E-state index contributed by atoms with van der Waals surface area (Å²) in [5.74, 6) is 0.0487. The molecule has 2 rings (SSSR count). The summed E-state index contributed by atoms with van der Waals surface area (Å²) in [5.41, 5.74) is 0. The standard InChI is InChI=1S/C12H20N2O3/c1-3-13-12(16)14-9-6-5-8(7-9)10(14)11(15)17-4-2/h8-10H,3-7H2,1-2H3,(H,13,16)/t8-,9-,10-/m0/s1. The van der Waals surface area contributed by atoms with E-state index >= 15 is 0 Å². The SMILES string of the molecule is CCNC(=O)N1[C@H]2CC[C@@H](C2)[C@H]1C(=O)OCC. The predicted octanol–water partition coefficient (Wildman–Crippen LogP) is 1.13. The first-order valence-corrected chi connectivity index (χ1v) is 6.41. The van der Waals surface area contributed by atoms with E-state index in [0.29, 0.717) is 19.1 Å². The average Bonchev–Trinajstić information content (AvgIpc) is 2.89. The molecule has 2 amide bonds. The Morgan fingerprint density at radius 2 is 2.12 bits per heavy atom. The van der Waals surface area contributed by atoms with E-state index in [1.165, 1.54) is 0 Å². The Morgan fingerprint density at radius 3 is 2.76 bits per heavy atom. The summed E-state index contributed by atoms with van der Waals surface area (Å²) in [6.45, 7) is 4.63. The fourth-order valence-corrected chi connectivity index (χ4v) is 3.05. The molecule has 5 heteroatoms. The number of amides is 2. The van der Waals surface area contributed by atoms with E-state index in [-0.39, 0.29) is 24.1 Å². The average molecular weight is 240 g/mol. The largest absolute Gasteiger partial charge is 0.464 e. The molecule has 1 aliphatic carbocycles. The number of carbonyl (C=O) groups excluding carboxylic acids is 2. The minimum Gasteiger partial charge on any atom is -0.464 e. The summed E-state index contributed by atoms with van der Waals surface area (Å²) >= 11 is 0. The fourth-order valence-electron chi connectivity index (χ4n) is 3.05. The van der Waals surface area contributed by atoms with Crippen LogP contribution in [-0.2, 0) is 9.53 Å². The maximum Gasteiger partial charge on any atom is 0.329 e. The van der Waals surface area contributed by atoms with E-state index in [9.17, 15) is 9.59 Å². The van der Waals surface area contributed by atoms with E-state index in [4.69, 9.17) is 4.74 Å². The Balaban J connectivity index is 2.11. The van der Waals surface area contributed by atoms with Gasteiger partial charge in [0.05, 0.1) is 6.61 Å². The van der Waals surface area contributed by atoms with Crippen molar-refractivity contribution in [1.82, 2.24) is 10.2 Å². The predicted molar refractivity (Wildman–Crippen MR) is 62.5 cm³/mol. The van der Waals surface area contributed by atoms with Gasteiger partial charge in [0, 0.05) is 12.6 Å². The molecule has 2 fully saturated rings. The van der Waals surface area contributed by atoms with E-state index in [1.807, 2.05) is 6.92 Å².